The van der Waals surface area contributed by atoms with Crippen molar-refractivity contribution in [3.05, 3.63) is 0 Å². The van der Waals surface area contributed by atoms with Crippen molar-refractivity contribution in [2.45, 2.75) is 71.6 Å². The molecule has 0 aromatic carbocycles. The van der Waals surface area contributed by atoms with E-state index in [0.717, 1.165) is 12.6 Å². The van der Waals surface area contributed by atoms with Gasteiger partial charge in [-0.3, -0.25) is 4.79 Å². The summed E-state index contributed by atoms with van der Waals surface area (Å²) in [6.45, 7) is 12.8. The van der Waals surface area contributed by atoms with Gasteiger partial charge in [-0.1, -0.05) is 6.92 Å². The number of ether oxygens (including phenoxy) is 1. The molecule has 1 rings (SSSR count). The lowest BCUT2D eigenvalue weighted by atomic mass is 10.1. The molecule has 4 nitrogen and oxygen atoms in total. The van der Waals surface area contributed by atoms with Crippen molar-refractivity contribution >= 4 is 6.47 Å². The van der Waals surface area contributed by atoms with Crippen LogP contribution in [-0.4, -0.2) is 37.2 Å². The summed E-state index contributed by atoms with van der Waals surface area (Å²) in [6.07, 6.45) is 3.90. The molecule has 0 saturated carbocycles. The number of nitrogens with one attached hydrogen (secondary N) is 2. The summed E-state index contributed by atoms with van der Waals surface area (Å²) in [5.74, 6) is 0. The Morgan fingerprint density at radius 1 is 1.50 bits per heavy atom. The molecule has 0 aliphatic carbocycles. The Labute approximate surface area is 112 Å². The Bertz CT molecular complexity index is 208. The van der Waals surface area contributed by atoms with Crippen LogP contribution in [0.4, 0.5) is 0 Å². The summed E-state index contributed by atoms with van der Waals surface area (Å²) in [5.41, 5.74) is -0.318. The van der Waals surface area contributed by atoms with Crippen LogP contribution in [0.5, 0.6) is 0 Å². The second-order valence-electron chi connectivity index (χ2n) is 5.85. The van der Waals surface area contributed by atoms with Crippen LogP contribution in [0.25, 0.3) is 0 Å². The largest absolute Gasteiger partial charge is 0.462 e. The van der Waals surface area contributed by atoms with Crippen LogP contribution in [-0.2, 0) is 9.53 Å². The molecule has 1 aliphatic rings. The van der Waals surface area contributed by atoms with Gasteiger partial charge in [0.15, 0.2) is 0 Å². The minimum atomic E-state index is -0.318. The monoisotopic (exact) mass is 258 g/mol. The fourth-order valence-electron chi connectivity index (χ4n) is 1.66. The van der Waals surface area contributed by atoms with Crippen molar-refractivity contribution in [1.82, 2.24) is 10.6 Å². The molecule has 1 fully saturated rings. The molecular formula is C14H30N2O2. The van der Waals surface area contributed by atoms with E-state index in [0.29, 0.717) is 12.5 Å². The van der Waals surface area contributed by atoms with Crippen LogP contribution in [0.2, 0.25) is 0 Å². The number of hydrogen-bond acceptors (Lipinski definition) is 4. The summed E-state index contributed by atoms with van der Waals surface area (Å²) >= 11 is 0. The molecule has 2 atom stereocenters. The standard InChI is InChI=1S/C9H20N2.C5H10O2/c1-3-8(2)11-9-5-4-6-10-7-9;1-5(2,3)7-4-6/h8-11H,3-7H2,1-2H3;4H,1-3H3/t8?,9-;/m1./s1. The van der Waals surface area contributed by atoms with Crippen molar-refractivity contribution < 1.29 is 9.53 Å². The van der Waals surface area contributed by atoms with E-state index in [-0.39, 0.29) is 5.60 Å². The zero-order valence-electron chi connectivity index (χ0n) is 12.6. The highest BCUT2D eigenvalue weighted by Crippen LogP contribution is 2.03. The Morgan fingerprint density at radius 2 is 2.17 bits per heavy atom. The summed E-state index contributed by atoms with van der Waals surface area (Å²) < 4.78 is 4.55. The van der Waals surface area contributed by atoms with E-state index in [9.17, 15) is 4.79 Å². The van der Waals surface area contributed by atoms with Gasteiger partial charge in [0.25, 0.3) is 6.47 Å². The predicted octanol–water partition coefficient (Wildman–Crippen LogP) is 2.08. The van der Waals surface area contributed by atoms with E-state index in [4.69, 9.17) is 0 Å². The number of carbonyl (C=O) groups is 1. The summed E-state index contributed by atoms with van der Waals surface area (Å²) in [5, 5.41) is 7.01. The highest BCUT2D eigenvalue weighted by atomic mass is 16.5. The third-order valence-corrected chi connectivity index (χ3v) is 2.83. The first-order chi connectivity index (χ1) is 8.39. The van der Waals surface area contributed by atoms with Crippen molar-refractivity contribution in [2.24, 2.45) is 0 Å². The average molecular weight is 258 g/mol. The molecule has 0 spiro atoms. The van der Waals surface area contributed by atoms with Gasteiger partial charge in [0.1, 0.15) is 5.60 Å². The first kappa shape index (κ1) is 17.4. The lowest BCUT2D eigenvalue weighted by molar-refractivity contribution is -0.138. The van der Waals surface area contributed by atoms with Gasteiger partial charge >= 0.3 is 0 Å². The van der Waals surface area contributed by atoms with Crippen molar-refractivity contribution in [3.63, 3.8) is 0 Å². The van der Waals surface area contributed by atoms with Gasteiger partial charge < -0.3 is 15.4 Å². The van der Waals surface area contributed by atoms with Crippen LogP contribution in [0, 0.1) is 0 Å². The van der Waals surface area contributed by atoms with E-state index in [2.05, 4.69) is 29.2 Å². The quantitative estimate of drug-likeness (QED) is 0.758. The second kappa shape index (κ2) is 9.34. The van der Waals surface area contributed by atoms with Crippen molar-refractivity contribution in [3.8, 4) is 0 Å². The number of piperidine rings is 1. The smallest absolute Gasteiger partial charge is 0.293 e. The highest BCUT2D eigenvalue weighted by molar-refractivity contribution is 5.37. The molecule has 108 valence electrons. The maximum atomic E-state index is 9.60. The molecule has 1 unspecified atom stereocenters. The zero-order valence-corrected chi connectivity index (χ0v) is 12.6. The maximum Gasteiger partial charge on any atom is 0.293 e. The van der Waals surface area contributed by atoms with Crippen LogP contribution in [0.3, 0.4) is 0 Å². The molecule has 1 saturated heterocycles. The fraction of sp³-hybridized carbons (Fsp3) is 0.929. The molecule has 0 radical (unpaired) electrons. The van der Waals surface area contributed by atoms with E-state index >= 15 is 0 Å². The van der Waals surface area contributed by atoms with E-state index in [1.165, 1.54) is 25.8 Å². The Balaban J connectivity index is 0.000000360. The highest BCUT2D eigenvalue weighted by Gasteiger charge is 2.13. The number of hydrogen-bond donors (Lipinski definition) is 2. The van der Waals surface area contributed by atoms with Gasteiger partial charge in [0.2, 0.25) is 0 Å². The molecule has 0 aromatic rings. The van der Waals surface area contributed by atoms with Crippen LogP contribution in [0.15, 0.2) is 0 Å². The molecule has 1 aliphatic heterocycles. The lowest BCUT2D eigenvalue weighted by Crippen LogP contribution is -2.46. The van der Waals surface area contributed by atoms with E-state index < -0.39 is 0 Å². The lowest BCUT2D eigenvalue weighted by Gasteiger charge is -2.26. The van der Waals surface area contributed by atoms with Gasteiger partial charge in [-0.15, -0.1) is 0 Å². The topological polar surface area (TPSA) is 50.4 Å². The Kier molecular flexibility index (Phi) is 9.02. The summed E-state index contributed by atoms with van der Waals surface area (Å²) in [4.78, 5) is 9.60. The third-order valence-electron chi connectivity index (χ3n) is 2.83. The van der Waals surface area contributed by atoms with Gasteiger partial charge in [-0.05, 0) is 53.5 Å². The van der Waals surface area contributed by atoms with Gasteiger partial charge in [0, 0.05) is 18.6 Å². The van der Waals surface area contributed by atoms with Crippen LogP contribution >= 0.6 is 0 Å². The molecule has 0 bridgehead atoms. The van der Waals surface area contributed by atoms with Crippen LogP contribution in [0.1, 0.15) is 53.9 Å². The summed E-state index contributed by atoms with van der Waals surface area (Å²) in [6, 6.07) is 1.40. The minimum absolute atomic E-state index is 0.318. The minimum Gasteiger partial charge on any atom is -0.462 e. The maximum absolute atomic E-state index is 9.60. The fourth-order valence-corrected chi connectivity index (χ4v) is 1.66. The molecule has 18 heavy (non-hydrogen) atoms. The molecule has 4 heteroatoms. The number of carbonyl (C=O) groups excluding carboxylic acids is 1. The van der Waals surface area contributed by atoms with E-state index in [1.807, 2.05) is 20.8 Å². The first-order valence-electron chi connectivity index (χ1n) is 6.97. The molecule has 1 heterocycles. The molecule has 2 N–H and O–H groups in total. The molecular weight excluding hydrogens is 228 g/mol. The van der Waals surface area contributed by atoms with Gasteiger partial charge in [-0.25, -0.2) is 0 Å². The third kappa shape index (κ3) is 10.5. The number of rotatable bonds is 4. The molecule has 0 aromatic heterocycles. The normalized spacial score (nSPS) is 21.5. The van der Waals surface area contributed by atoms with Crippen LogP contribution < -0.4 is 10.6 Å². The Morgan fingerprint density at radius 3 is 2.50 bits per heavy atom. The zero-order chi connectivity index (χ0) is 14.0. The van der Waals surface area contributed by atoms with Gasteiger partial charge in [-0.2, -0.15) is 0 Å². The van der Waals surface area contributed by atoms with Crippen molar-refractivity contribution in [2.75, 3.05) is 13.1 Å². The first-order valence-corrected chi connectivity index (χ1v) is 6.97. The van der Waals surface area contributed by atoms with E-state index in [1.54, 1.807) is 0 Å². The summed E-state index contributed by atoms with van der Waals surface area (Å²) in [7, 11) is 0. The predicted molar refractivity (Wildman–Crippen MR) is 75.7 cm³/mol. The van der Waals surface area contributed by atoms with Crippen molar-refractivity contribution in [1.29, 1.82) is 0 Å². The van der Waals surface area contributed by atoms with Gasteiger partial charge in [0.05, 0.1) is 0 Å². The molecule has 0 amide bonds. The SMILES string of the molecule is CC(C)(C)OC=O.CCC(C)N[C@@H]1CCCNC1. The second-order valence-corrected chi connectivity index (χ2v) is 5.85. The average Bonchev–Trinajstić information content (AvgIpc) is 2.29. The Hall–Kier alpha value is -0.610.